The number of hydrogen-bond acceptors (Lipinski definition) is 7. The first-order chi connectivity index (χ1) is 12.3. The molecule has 2 aromatic carbocycles. The van der Waals surface area contributed by atoms with Gasteiger partial charge in [0.05, 0.1) is 18.8 Å². The molecule has 0 radical (unpaired) electrons. The monoisotopic (exact) mass is 345 g/mol. The van der Waals surface area contributed by atoms with Crippen LogP contribution >= 0.6 is 0 Å². The van der Waals surface area contributed by atoms with Crippen molar-refractivity contribution in [1.29, 1.82) is 0 Å². The van der Waals surface area contributed by atoms with Crippen LogP contribution < -0.4 is 24.3 Å². The first-order valence-electron chi connectivity index (χ1n) is 8.07. The standard InChI is InChI=1S/C18H19NO6/c20-6-5-19-17(11-1-3-13-15(7-11)24-9-22-13)18(21)12-2-4-14-16(8-12)25-10-23-14/h1-4,7-8,17-21H,5-6,9-10H2/t17-,18+/m1/s1. The van der Waals surface area contributed by atoms with E-state index in [1.807, 2.05) is 18.2 Å². The minimum absolute atomic E-state index is 0.0328. The fourth-order valence-corrected chi connectivity index (χ4v) is 3.03. The molecule has 2 aromatic rings. The van der Waals surface area contributed by atoms with E-state index in [-0.39, 0.29) is 20.2 Å². The number of fused-ring (bicyclic) bond motifs is 2. The highest BCUT2D eigenvalue weighted by Crippen LogP contribution is 2.40. The van der Waals surface area contributed by atoms with E-state index in [2.05, 4.69) is 5.32 Å². The second-order valence-electron chi connectivity index (χ2n) is 5.83. The largest absolute Gasteiger partial charge is 0.454 e. The molecule has 0 spiro atoms. The third-order valence-electron chi connectivity index (χ3n) is 4.29. The summed E-state index contributed by atoms with van der Waals surface area (Å²) in [5, 5.41) is 23.3. The molecule has 0 aromatic heterocycles. The maximum Gasteiger partial charge on any atom is 0.231 e. The van der Waals surface area contributed by atoms with Crippen molar-refractivity contribution in [3.05, 3.63) is 47.5 Å². The summed E-state index contributed by atoms with van der Waals surface area (Å²) >= 11 is 0. The summed E-state index contributed by atoms with van der Waals surface area (Å²) < 4.78 is 21.5. The number of aliphatic hydroxyl groups excluding tert-OH is 2. The van der Waals surface area contributed by atoms with Crippen molar-refractivity contribution in [3.8, 4) is 23.0 Å². The van der Waals surface area contributed by atoms with Crippen LogP contribution in [0.1, 0.15) is 23.3 Å². The van der Waals surface area contributed by atoms with Gasteiger partial charge >= 0.3 is 0 Å². The van der Waals surface area contributed by atoms with Gasteiger partial charge in [-0.3, -0.25) is 0 Å². The van der Waals surface area contributed by atoms with Gasteiger partial charge in [-0.1, -0.05) is 12.1 Å². The van der Waals surface area contributed by atoms with Gasteiger partial charge in [-0.05, 0) is 35.4 Å². The lowest BCUT2D eigenvalue weighted by Gasteiger charge is -2.25. The van der Waals surface area contributed by atoms with E-state index in [1.165, 1.54) is 0 Å². The molecule has 0 amide bonds. The van der Waals surface area contributed by atoms with Crippen molar-refractivity contribution in [2.75, 3.05) is 26.7 Å². The van der Waals surface area contributed by atoms with E-state index in [4.69, 9.17) is 18.9 Å². The molecule has 2 aliphatic rings. The highest BCUT2D eigenvalue weighted by molar-refractivity contribution is 5.48. The van der Waals surface area contributed by atoms with Gasteiger partial charge in [0, 0.05) is 6.54 Å². The molecule has 7 heteroatoms. The van der Waals surface area contributed by atoms with Gasteiger partial charge in [0.25, 0.3) is 0 Å². The lowest BCUT2D eigenvalue weighted by molar-refractivity contribution is 0.124. The summed E-state index contributed by atoms with van der Waals surface area (Å²) in [5.41, 5.74) is 1.53. The van der Waals surface area contributed by atoms with Crippen LogP contribution in [0.15, 0.2) is 36.4 Å². The molecule has 132 valence electrons. The van der Waals surface area contributed by atoms with E-state index in [9.17, 15) is 10.2 Å². The topological polar surface area (TPSA) is 89.4 Å². The number of ether oxygens (including phenoxy) is 4. The summed E-state index contributed by atoms with van der Waals surface area (Å²) in [6.07, 6.45) is -0.846. The Hall–Kier alpha value is -2.48. The zero-order chi connectivity index (χ0) is 17.2. The predicted molar refractivity (Wildman–Crippen MR) is 87.9 cm³/mol. The number of rotatable bonds is 6. The average Bonchev–Trinajstić information content (AvgIpc) is 3.29. The summed E-state index contributed by atoms with van der Waals surface area (Å²) in [6, 6.07) is 10.5. The van der Waals surface area contributed by atoms with Crippen molar-refractivity contribution in [1.82, 2.24) is 5.32 Å². The number of hydrogen-bond donors (Lipinski definition) is 3. The molecule has 0 saturated heterocycles. The molecular weight excluding hydrogens is 326 g/mol. The molecule has 0 saturated carbocycles. The minimum Gasteiger partial charge on any atom is -0.454 e. The number of benzene rings is 2. The van der Waals surface area contributed by atoms with Crippen LogP contribution in [0.5, 0.6) is 23.0 Å². The molecule has 0 bridgehead atoms. The zero-order valence-corrected chi connectivity index (χ0v) is 13.5. The van der Waals surface area contributed by atoms with Crippen LogP contribution in [0.4, 0.5) is 0 Å². The second kappa shape index (κ2) is 6.79. The fourth-order valence-electron chi connectivity index (χ4n) is 3.03. The van der Waals surface area contributed by atoms with E-state index < -0.39 is 12.1 Å². The quantitative estimate of drug-likeness (QED) is 0.731. The molecule has 2 atom stereocenters. The number of aliphatic hydroxyl groups is 2. The summed E-state index contributed by atoms with van der Waals surface area (Å²) in [6.45, 7) is 0.692. The second-order valence-corrected chi connectivity index (χ2v) is 5.83. The highest BCUT2D eigenvalue weighted by Gasteiger charge is 2.26. The normalized spacial score (nSPS) is 16.7. The highest BCUT2D eigenvalue weighted by atomic mass is 16.7. The van der Waals surface area contributed by atoms with Gasteiger partial charge in [-0.25, -0.2) is 0 Å². The molecule has 2 aliphatic heterocycles. The average molecular weight is 345 g/mol. The molecule has 0 fully saturated rings. The van der Waals surface area contributed by atoms with Crippen molar-refractivity contribution in [2.45, 2.75) is 12.1 Å². The smallest absolute Gasteiger partial charge is 0.231 e. The first-order valence-corrected chi connectivity index (χ1v) is 8.07. The van der Waals surface area contributed by atoms with Gasteiger partial charge in [-0.2, -0.15) is 0 Å². The van der Waals surface area contributed by atoms with Crippen molar-refractivity contribution in [3.63, 3.8) is 0 Å². The van der Waals surface area contributed by atoms with Crippen molar-refractivity contribution < 1.29 is 29.2 Å². The Bertz CT molecular complexity index is 765. The van der Waals surface area contributed by atoms with Crippen LogP contribution in [0.3, 0.4) is 0 Å². The fraction of sp³-hybridized carbons (Fsp3) is 0.333. The summed E-state index contributed by atoms with van der Waals surface area (Å²) in [7, 11) is 0. The molecule has 2 heterocycles. The minimum atomic E-state index is -0.846. The molecule has 0 unspecified atom stereocenters. The van der Waals surface area contributed by atoms with Crippen molar-refractivity contribution >= 4 is 0 Å². The van der Waals surface area contributed by atoms with E-state index in [0.29, 0.717) is 35.1 Å². The van der Waals surface area contributed by atoms with Gasteiger partial charge < -0.3 is 34.5 Å². The maximum atomic E-state index is 10.9. The Morgan fingerprint density at radius 1 is 0.840 bits per heavy atom. The van der Waals surface area contributed by atoms with Crippen LogP contribution in [-0.4, -0.2) is 37.0 Å². The van der Waals surface area contributed by atoms with Crippen LogP contribution in [0.25, 0.3) is 0 Å². The lowest BCUT2D eigenvalue weighted by atomic mass is 9.95. The molecule has 25 heavy (non-hydrogen) atoms. The Morgan fingerprint density at radius 3 is 2.04 bits per heavy atom. The Balaban J connectivity index is 1.64. The predicted octanol–water partition coefficient (Wildman–Crippen LogP) is 1.50. The third kappa shape index (κ3) is 3.09. The zero-order valence-electron chi connectivity index (χ0n) is 13.5. The molecule has 4 rings (SSSR count). The van der Waals surface area contributed by atoms with Crippen LogP contribution in [-0.2, 0) is 0 Å². The van der Waals surface area contributed by atoms with E-state index in [1.54, 1.807) is 18.2 Å². The van der Waals surface area contributed by atoms with Gasteiger partial charge in [-0.15, -0.1) is 0 Å². The molecule has 7 nitrogen and oxygen atoms in total. The van der Waals surface area contributed by atoms with Gasteiger partial charge in [0.1, 0.15) is 0 Å². The van der Waals surface area contributed by atoms with Gasteiger partial charge in [0.15, 0.2) is 23.0 Å². The Kier molecular flexibility index (Phi) is 4.35. The SMILES string of the molecule is OCCN[C@H](c1ccc2c(c1)OCO2)[C@@H](O)c1ccc2c(c1)OCO2. The molecular formula is C18H19NO6. The van der Waals surface area contributed by atoms with Gasteiger partial charge in [0.2, 0.25) is 13.6 Å². The van der Waals surface area contributed by atoms with Crippen LogP contribution in [0.2, 0.25) is 0 Å². The van der Waals surface area contributed by atoms with E-state index in [0.717, 1.165) is 5.56 Å². The molecule has 0 aliphatic carbocycles. The lowest BCUT2D eigenvalue weighted by Crippen LogP contribution is -2.29. The molecule has 3 N–H and O–H groups in total. The maximum absolute atomic E-state index is 10.9. The van der Waals surface area contributed by atoms with E-state index >= 15 is 0 Å². The van der Waals surface area contributed by atoms with Crippen molar-refractivity contribution in [2.24, 2.45) is 0 Å². The summed E-state index contributed by atoms with van der Waals surface area (Å²) in [5.74, 6) is 2.61. The first kappa shape index (κ1) is 16.0. The Labute approximate surface area is 144 Å². The number of nitrogens with one attached hydrogen (secondary N) is 1. The van der Waals surface area contributed by atoms with Crippen LogP contribution in [0, 0.1) is 0 Å². The third-order valence-corrected chi connectivity index (χ3v) is 4.29. The summed E-state index contributed by atoms with van der Waals surface area (Å²) in [4.78, 5) is 0. The Morgan fingerprint density at radius 2 is 1.40 bits per heavy atom.